The number of aryl methyl sites for hydroxylation is 1. The van der Waals surface area contributed by atoms with Gasteiger partial charge in [-0.25, -0.2) is 8.42 Å². The molecule has 2 N–H and O–H groups in total. The van der Waals surface area contributed by atoms with Crippen molar-refractivity contribution in [1.29, 1.82) is 0 Å². The summed E-state index contributed by atoms with van der Waals surface area (Å²) >= 11 is 0. The van der Waals surface area contributed by atoms with E-state index in [9.17, 15) is 8.42 Å². The van der Waals surface area contributed by atoms with Gasteiger partial charge in [-0.05, 0) is 19.8 Å². The van der Waals surface area contributed by atoms with E-state index < -0.39 is 10.0 Å². The van der Waals surface area contributed by atoms with E-state index in [1.54, 1.807) is 14.0 Å². The molecule has 2 heterocycles. The minimum atomic E-state index is -3.48. The molecule has 6 nitrogen and oxygen atoms in total. The Morgan fingerprint density at radius 1 is 1.24 bits per heavy atom. The number of hydrogen-bond acceptors (Lipinski definition) is 4. The molecular formula is C10H18N4O2S. The van der Waals surface area contributed by atoms with Gasteiger partial charge in [0.05, 0.1) is 5.69 Å². The maximum Gasteiger partial charge on any atom is 0.248 e. The molecular weight excluding hydrogens is 240 g/mol. The molecule has 7 heteroatoms. The third-order valence-electron chi connectivity index (χ3n) is 3.22. The van der Waals surface area contributed by atoms with E-state index in [0.717, 1.165) is 19.3 Å². The first-order valence-electron chi connectivity index (χ1n) is 5.74. The molecule has 1 aliphatic rings. The van der Waals surface area contributed by atoms with Crippen LogP contribution in [0, 0.1) is 6.92 Å². The molecule has 1 saturated heterocycles. The van der Waals surface area contributed by atoms with Crippen LogP contribution in [0.1, 0.15) is 25.0 Å². The Morgan fingerprint density at radius 2 is 1.82 bits per heavy atom. The summed E-state index contributed by atoms with van der Waals surface area (Å²) in [6.07, 6.45) is 2.92. The van der Waals surface area contributed by atoms with Gasteiger partial charge in [0.1, 0.15) is 4.90 Å². The smallest absolute Gasteiger partial charge is 0.248 e. The molecule has 0 saturated carbocycles. The number of nitrogens with zero attached hydrogens (tertiary/aromatic N) is 3. The summed E-state index contributed by atoms with van der Waals surface area (Å²) in [7, 11) is -1.78. The first-order valence-corrected chi connectivity index (χ1v) is 7.18. The molecule has 1 aromatic heterocycles. The van der Waals surface area contributed by atoms with Crippen LogP contribution in [-0.4, -0.2) is 35.6 Å². The Balaban J connectivity index is 2.43. The maximum atomic E-state index is 12.4. The van der Waals surface area contributed by atoms with E-state index in [2.05, 4.69) is 5.10 Å². The Bertz CT molecular complexity index is 515. The summed E-state index contributed by atoms with van der Waals surface area (Å²) in [5.41, 5.74) is 6.29. The molecule has 96 valence electrons. The molecule has 1 aromatic rings. The van der Waals surface area contributed by atoms with E-state index in [-0.39, 0.29) is 10.7 Å². The minimum absolute atomic E-state index is 0.0931. The predicted molar refractivity (Wildman–Crippen MR) is 65.0 cm³/mol. The number of nitrogens with two attached hydrogens (primary N) is 1. The lowest BCUT2D eigenvalue weighted by atomic mass is 10.2. The summed E-state index contributed by atoms with van der Waals surface area (Å²) in [5, 5.41) is 3.96. The highest BCUT2D eigenvalue weighted by Crippen LogP contribution is 2.27. The average Bonchev–Trinajstić information content (AvgIpc) is 2.54. The van der Waals surface area contributed by atoms with Crippen molar-refractivity contribution in [3.8, 4) is 0 Å². The number of rotatable bonds is 2. The lowest BCUT2D eigenvalue weighted by Gasteiger charge is -2.25. The second kappa shape index (κ2) is 4.30. The average molecular weight is 258 g/mol. The van der Waals surface area contributed by atoms with Crippen LogP contribution in [0.25, 0.3) is 0 Å². The Morgan fingerprint density at radius 3 is 2.29 bits per heavy atom. The Labute approximate surface area is 101 Å². The fourth-order valence-electron chi connectivity index (χ4n) is 2.17. The van der Waals surface area contributed by atoms with Crippen LogP contribution in [-0.2, 0) is 17.1 Å². The fraction of sp³-hybridized carbons (Fsp3) is 0.700. The molecule has 0 bridgehead atoms. The fourth-order valence-corrected chi connectivity index (χ4v) is 3.98. The van der Waals surface area contributed by atoms with Crippen LogP contribution < -0.4 is 5.73 Å². The number of aromatic nitrogens is 2. The highest BCUT2D eigenvalue weighted by Gasteiger charge is 2.31. The Kier molecular flexibility index (Phi) is 3.13. The van der Waals surface area contributed by atoms with Gasteiger partial charge in [-0.3, -0.25) is 4.68 Å². The van der Waals surface area contributed by atoms with Gasteiger partial charge in [0.2, 0.25) is 10.0 Å². The largest absolute Gasteiger partial charge is 0.381 e. The quantitative estimate of drug-likeness (QED) is 0.837. The van der Waals surface area contributed by atoms with Crippen LogP contribution in [0.2, 0.25) is 0 Å². The third kappa shape index (κ3) is 2.04. The van der Waals surface area contributed by atoms with Crippen molar-refractivity contribution in [1.82, 2.24) is 14.1 Å². The van der Waals surface area contributed by atoms with E-state index in [0.29, 0.717) is 18.8 Å². The molecule has 1 aliphatic heterocycles. The van der Waals surface area contributed by atoms with Gasteiger partial charge < -0.3 is 5.73 Å². The second-order valence-corrected chi connectivity index (χ2v) is 6.26. The first kappa shape index (κ1) is 12.4. The lowest BCUT2D eigenvalue weighted by molar-refractivity contribution is 0.346. The maximum absolute atomic E-state index is 12.4. The van der Waals surface area contributed by atoms with Crippen LogP contribution in [0.3, 0.4) is 0 Å². The molecule has 1 fully saturated rings. The lowest BCUT2D eigenvalue weighted by Crippen LogP contribution is -2.36. The zero-order valence-corrected chi connectivity index (χ0v) is 11.0. The number of hydrogen-bond donors (Lipinski definition) is 1. The zero-order chi connectivity index (χ0) is 12.6. The molecule has 0 unspecified atom stereocenters. The highest BCUT2D eigenvalue weighted by molar-refractivity contribution is 7.89. The van der Waals surface area contributed by atoms with E-state index in [4.69, 9.17) is 5.73 Å². The number of nitrogen functional groups attached to an aromatic ring is 1. The molecule has 0 atom stereocenters. The van der Waals surface area contributed by atoms with E-state index >= 15 is 0 Å². The topological polar surface area (TPSA) is 81.2 Å². The molecule has 0 radical (unpaired) electrons. The van der Waals surface area contributed by atoms with Crippen LogP contribution in [0.15, 0.2) is 4.90 Å². The van der Waals surface area contributed by atoms with E-state index in [1.807, 2.05) is 0 Å². The van der Waals surface area contributed by atoms with Crippen molar-refractivity contribution < 1.29 is 8.42 Å². The van der Waals surface area contributed by atoms with Gasteiger partial charge >= 0.3 is 0 Å². The molecule has 2 rings (SSSR count). The van der Waals surface area contributed by atoms with E-state index in [1.165, 1.54) is 8.99 Å². The SMILES string of the molecule is Cc1c(S(=O)(=O)N2CCCCC2)c(N)nn1C. The Hall–Kier alpha value is -1.08. The standard InChI is InChI=1S/C10H18N4O2S/c1-8-9(10(11)12-13(8)2)17(15,16)14-6-4-3-5-7-14/h3-7H2,1-2H3,(H2,11,12). The monoisotopic (exact) mass is 258 g/mol. The number of sulfonamides is 1. The van der Waals surface area contributed by atoms with Crippen molar-refractivity contribution in [2.24, 2.45) is 7.05 Å². The summed E-state index contributed by atoms with van der Waals surface area (Å²) in [6, 6.07) is 0. The molecule has 17 heavy (non-hydrogen) atoms. The van der Waals surface area contributed by atoms with Crippen LogP contribution in [0.5, 0.6) is 0 Å². The summed E-state index contributed by atoms with van der Waals surface area (Å²) < 4.78 is 27.9. The van der Waals surface area contributed by atoms with Crippen LogP contribution >= 0.6 is 0 Å². The van der Waals surface area contributed by atoms with Crippen molar-refractivity contribution in [2.45, 2.75) is 31.1 Å². The first-order chi connectivity index (χ1) is 7.94. The zero-order valence-electron chi connectivity index (χ0n) is 10.2. The molecule has 0 spiro atoms. The third-order valence-corrected chi connectivity index (χ3v) is 5.28. The van der Waals surface area contributed by atoms with Gasteiger partial charge in [0.25, 0.3) is 0 Å². The normalized spacial score (nSPS) is 18.5. The van der Waals surface area contributed by atoms with Crippen molar-refractivity contribution in [3.63, 3.8) is 0 Å². The second-order valence-electron chi connectivity index (χ2n) is 4.39. The van der Waals surface area contributed by atoms with Gasteiger partial charge in [-0.1, -0.05) is 6.42 Å². The summed E-state index contributed by atoms with van der Waals surface area (Å²) in [5.74, 6) is 0.0931. The number of piperidine rings is 1. The van der Waals surface area contributed by atoms with Crippen molar-refractivity contribution >= 4 is 15.8 Å². The molecule has 0 aromatic carbocycles. The van der Waals surface area contributed by atoms with Gasteiger partial charge in [0, 0.05) is 20.1 Å². The molecule has 0 amide bonds. The van der Waals surface area contributed by atoms with Crippen LogP contribution in [0.4, 0.5) is 5.82 Å². The highest BCUT2D eigenvalue weighted by atomic mass is 32.2. The van der Waals surface area contributed by atoms with Gasteiger partial charge in [-0.2, -0.15) is 9.40 Å². The summed E-state index contributed by atoms with van der Waals surface area (Å²) in [4.78, 5) is 0.168. The van der Waals surface area contributed by atoms with Crippen molar-refractivity contribution in [2.75, 3.05) is 18.8 Å². The predicted octanol–water partition coefficient (Wildman–Crippen LogP) is 0.485. The number of anilines is 1. The molecule has 0 aliphatic carbocycles. The van der Waals surface area contributed by atoms with Gasteiger partial charge in [0.15, 0.2) is 5.82 Å². The minimum Gasteiger partial charge on any atom is -0.381 e. The van der Waals surface area contributed by atoms with Crippen molar-refractivity contribution in [3.05, 3.63) is 5.69 Å². The van der Waals surface area contributed by atoms with Gasteiger partial charge in [-0.15, -0.1) is 0 Å². The summed E-state index contributed by atoms with van der Waals surface area (Å²) in [6.45, 7) is 2.88.